The van der Waals surface area contributed by atoms with Crippen LogP contribution in [0.15, 0.2) is 24.3 Å². The Morgan fingerprint density at radius 3 is 1.00 bits per heavy atom. The van der Waals surface area contributed by atoms with Gasteiger partial charge in [-0.1, -0.05) is 13.2 Å². The molecule has 0 heterocycles. The summed E-state index contributed by atoms with van der Waals surface area (Å²) in [6.07, 6.45) is 0. The third-order valence-corrected chi connectivity index (χ3v) is 0.730. The van der Waals surface area contributed by atoms with Crippen LogP contribution < -0.4 is 0 Å². The Bertz CT molecular complexity index is 177. The van der Waals surface area contributed by atoms with Crippen molar-refractivity contribution in [2.24, 2.45) is 0 Å². The summed E-state index contributed by atoms with van der Waals surface area (Å²) >= 11 is 0. The predicted molar refractivity (Wildman–Crippen MR) is 52.1 cm³/mol. The average molecular weight is 261 g/mol. The van der Waals surface area contributed by atoms with Crippen molar-refractivity contribution in [3.05, 3.63) is 24.3 Å². The molecule has 0 aliphatic carbocycles. The Balaban J connectivity index is -0.0000000625. The van der Waals surface area contributed by atoms with Gasteiger partial charge in [-0.2, -0.15) is 0 Å². The van der Waals surface area contributed by atoms with E-state index in [0.717, 1.165) is 0 Å². The van der Waals surface area contributed by atoms with Crippen LogP contribution in [-0.4, -0.2) is 22.2 Å². The topological polar surface area (TPSA) is 74.6 Å². The van der Waals surface area contributed by atoms with E-state index in [9.17, 15) is 9.59 Å². The fraction of sp³-hybridized carbons (Fsp3) is 0.250. The maximum absolute atomic E-state index is 9.60. The third-order valence-electron chi connectivity index (χ3n) is 0.730. The maximum Gasteiger partial charge on any atom is 0.330 e. The van der Waals surface area contributed by atoms with Gasteiger partial charge in [0.05, 0.1) is 0 Å². The largest absolute Gasteiger partial charge is 0.478 e. The van der Waals surface area contributed by atoms with Crippen molar-refractivity contribution in [1.82, 2.24) is 0 Å². The van der Waals surface area contributed by atoms with Gasteiger partial charge in [-0.3, -0.25) is 0 Å². The van der Waals surface area contributed by atoms with E-state index in [2.05, 4.69) is 13.2 Å². The minimum absolute atomic E-state index is 0. The zero-order valence-electron chi connectivity index (χ0n) is 7.94. The van der Waals surface area contributed by atoms with E-state index in [1.54, 1.807) is 0 Å². The first-order valence-electron chi connectivity index (χ1n) is 3.06. The number of hydrogen-bond donors (Lipinski definition) is 2. The molecule has 0 aromatic heterocycles. The number of carboxylic acid groups (broad SMARTS) is 2. The molecule has 0 aromatic rings. The average Bonchev–Trinajstić information content (AvgIpc) is 1.88. The molecule has 0 unspecified atom stereocenters. The normalized spacial score (nSPS) is 6.43. The molecule has 0 atom stereocenters. The quantitative estimate of drug-likeness (QED) is 0.741. The van der Waals surface area contributed by atoms with Crippen molar-refractivity contribution >= 4 is 24.3 Å². The van der Waals surface area contributed by atoms with Gasteiger partial charge in [0.25, 0.3) is 0 Å². The van der Waals surface area contributed by atoms with Gasteiger partial charge < -0.3 is 10.2 Å². The Morgan fingerprint density at radius 1 is 0.929 bits per heavy atom. The van der Waals surface area contributed by atoms with Gasteiger partial charge in [0, 0.05) is 28.5 Å². The summed E-state index contributed by atoms with van der Waals surface area (Å²) in [4.78, 5) is 19.2. The molecule has 0 radical (unpaired) electrons. The van der Waals surface area contributed by atoms with Crippen molar-refractivity contribution in [3.63, 3.8) is 0 Å². The van der Waals surface area contributed by atoms with Crippen LogP contribution in [0.2, 0.25) is 0 Å². The van der Waals surface area contributed by atoms with Gasteiger partial charge in [-0.05, 0) is 13.8 Å². The first kappa shape index (κ1) is 23.2. The fourth-order valence-electron chi connectivity index (χ4n) is 0. The zero-order chi connectivity index (χ0) is 10.3. The van der Waals surface area contributed by atoms with Gasteiger partial charge in [-0.25, -0.2) is 9.59 Å². The van der Waals surface area contributed by atoms with Gasteiger partial charge in [0.15, 0.2) is 0 Å². The molecule has 0 aliphatic heterocycles. The number of aliphatic carboxylic acids is 2. The van der Waals surface area contributed by atoms with E-state index < -0.39 is 11.9 Å². The predicted octanol–water partition coefficient (Wildman–Crippen LogP) is 1.71. The Labute approximate surface area is 99.9 Å². The number of rotatable bonds is 2. The molecule has 2 N–H and O–H groups in total. The van der Waals surface area contributed by atoms with Crippen LogP contribution in [0.4, 0.5) is 0 Å². The third kappa shape index (κ3) is 22.5. The van der Waals surface area contributed by atoms with E-state index in [0.29, 0.717) is 0 Å². The molecular formula is C8H13ClCrO4. The van der Waals surface area contributed by atoms with Gasteiger partial charge in [-0.15, -0.1) is 12.4 Å². The molecular weight excluding hydrogens is 248 g/mol. The van der Waals surface area contributed by atoms with E-state index in [4.69, 9.17) is 10.2 Å². The Morgan fingerprint density at radius 2 is 1.00 bits per heavy atom. The van der Waals surface area contributed by atoms with E-state index >= 15 is 0 Å². The second-order valence-electron chi connectivity index (χ2n) is 2.17. The Kier molecular flexibility index (Phi) is 20.3. The molecule has 0 saturated heterocycles. The van der Waals surface area contributed by atoms with Crippen LogP contribution in [0.25, 0.3) is 0 Å². The minimum Gasteiger partial charge on any atom is -0.478 e. The Hall–Kier alpha value is -0.758. The fourth-order valence-corrected chi connectivity index (χ4v) is 0. The van der Waals surface area contributed by atoms with Gasteiger partial charge in [0.2, 0.25) is 0 Å². The second-order valence-corrected chi connectivity index (χ2v) is 2.17. The van der Waals surface area contributed by atoms with Crippen molar-refractivity contribution in [2.75, 3.05) is 0 Å². The molecule has 0 bridgehead atoms. The van der Waals surface area contributed by atoms with Crippen molar-refractivity contribution in [3.8, 4) is 0 Å². The monoisotopic (exact) mass is 260 g/mol. The summed E-state index contributed by atoms with van der Waals surface area (Å²) in [5.74, 6) is -1.87. The van der Waals surface area contributed by atoms with Crippen molar-refractivity contribution in [2.45, 2.75) is 13.8 Å². The van der Waals surface area contributed by atoms with Crippen LogP contribution in [0.5, 0.6) is 0 Å². The molecule has 0 amide bonds. The SMILES string of the molecule is C=C(C)C(=O)O.C=C(C)C(=O)O.Cl.[Cr]. The zero-order valence-corrected chi connectivity index (χ0v) is 10.0. The number of hydrogen-bond acceptors (Lipinski definition) is 2. The summed E-state index contributed by atoms with van der Waals surface area (Å²) < 4.78 is 0. The van der Waals surface area contributed by atoms with Crippen molar-refractivity contribution < 1.29 is 37.2 Å². The maximum atomic E-state index is 9.60. The smallest absolute Gasteiger partial charge is 0.330 e. The number of carbonyl (C=O) groups is 2. The molecule has 4 nitrogen and oxygen atoms in total. The molecule has 0 aliphatic rings. The van der Waals surface area contributed by atoms with E-state index in [-0.39, 0.29) is 40.9 Å². The van der Waals surface area contributed by atoms with Crippen LogP contribution in [-0.2, 0) is 27.0 Å². The molecule has 14 heavy (non-hydrogen) atoms. The van der Waals surface area contributed by atoms with Gasteiger partial charge >= 0.3 is 11.9 Å². The minimum atomic E-state index is -0.935. The number of halogens is 1. The van der Waals surface area contributed by atoms with E-state index in [1.165, 1.54) is 13.8 Å². The molecule has 0 fully saturated rings. The standard InChI is InChI=1S/2C4H6O2.ClH.Cr/c2*1-3(2)4(5)6;;/h2*1H2,2H3,(H,5,6);1H;. The summed E-state index contributed by atoms with van der Waals surface area (Å²) in [5, 5.41) is 15.8. The molecule has 0 spiro atoms. The summed E-state index contributed by atoms with van der Waals surface area (Å²) in [5.41, 5.74) is 0.352. The molecule has 0 saturated carbocycles. The van der Waals surface area contributed by atoms with Crippen LogP contribution >= 0.6 is 12.4 Å². The summed E-state index contributed by atoms with van der Waals surface area (Å²) in [7, 11) is 0. The molecule has 0 rings (SSSR count). The number of carboxylic acids is 2. The first-order chi connectivity index (χ1) is 5.29. The summed E-state index contributed by atoms with van der Waals surface area (Å²) in [6, 6.07) is 0. The summed E-state index contributed by atoms with van der Waals surface area (Å²) in [6.45, 7) is 9.20. The van der Waals surface area contributed by atoms with Crippen molar-refractivity contribution in [1.29, 1.82) is 0 Å². The molecule has 0 aromatic carbocycles. The van der Waals surface area contributed by atoms with Crippen LogP contribution in [0.3, 0.4) is 0 Å². The molecule has 6 heteroatoms. The van der Waals surface area contributed by atoms with Gasteiger partial charge in [0.1, 0.15) is 0 Å². The van der Waals surface area contributed by atoms with E-state index in [1.807, 2.05) is 0 Å². The van der Waals surface area contributed by atoms with Crippen LogP contribution in [0.1, 0.15) is 13.8 Å². The van der Waals surface area contributed by atoms with Crippen LogP contribution in [0, 0.1) is 0 Å². The molecule has 82 valence electrons. The second kappa shape index (κ2) is 12.2. The first-order valence-corrected chi connectivity index (χ1v) is 3.06.